The summed E-state index contributed by atoms with van der Waals surface area (Å²) in [5, 5.41) is 11.5. The largest absolute Gasteiger partial charge is 0.497 e. The summed E-state index contributed by atoms with van der Waals surface area (Å²) in [6.07, 6.45) is 11.3. The Labute approximate surface area is 174 Å². The standard InChI is InChI=1S/C26H34O3/c1-24(2)12-5-13-25(3)21(24)17-23(28)26(15-11-19(27)16-22(25)26)14-10-18-6-8-20(29-4)9-7-18/h6-10,14,16,21,23,28H,5,11-13,15,17H2,1-4H3/b14-10+/t21-,23-,25-,26+/m1/s1. The Kier molecular flexibility index (Phi) is 5.01. The van der Waals surface area contributed by atoms with Crippen molar-refractivity contribution in [3.8, 4) is 5.75 Å². The summed E-state index contributed by atoms with van der Waals surface area (Å²) in [6, 6.07) is 7.98. The molecule has 0 heterocycles. The van der Waals surface area contributed by atoms with Gasteiger partial charge in [0.25, 0.3) is 0 Å². The van der Waals surface area contributed by atoms with Gasteiger partial charge in [-0.2, -0.15) is 0 Å². The van der Waals surface area contributed by atoms with E-state index in [-0.39, 0.29) is 16.6 Å². The van der Waals surface area contributed by atoms with Crippen molar-refractivity contribution in [2.24, 2.45) is 22.2 Å². The van der Waals surface area contributed by atoms with Crippen LogP contribution in [0.25, 0.3) is 6.08 Å². The van der Waals surface area contributed by atoms with Crippen LogP contribution in [0.3, 0.4) is 0 Å². The quantitative estimate of drug-likeness (QED) is 0.728. The monoisotopic (exact) mass is 394 g/mol. The highest BCUT2D eigenvalue weighted by Crippen LogP contribution is 2.66. The van der Waals surface area contributed by atoms with Gasteiger partial charge in [-0.05, 0) is 71.8 Å². The van der Waals surface area contributed by atoms with Gasteiger partial charge in [0.2, 0.25) is 0 Å². The molecule has 0 amide bonds. The molecule has 1 aromatic rings. The number of carbonyl (C=O) groups is 1. The number of hydrogen-bond donors (Lipinski definition) is 1. The molecule has 156 valence electrons. The summed E-state index contributed by atoms with van der Waals surface area (Å²) >= 11 is 0. The van der Waals surface area contributed by atoms with E-state index in [0.29, 0.717) is 18.8 Å². The van der Waals surface area contributed by atoms with E-state index in [1.165, 1.54) is 18.4 Å². The molecular formula is C26H34O3. The zero-order valence-electron chi connectivity index (χ0n) is 18.2. The van der Waals surface area contributed by atoms with E-state index in [1.807, 2.05) is 30.3 Å². The lowest BCUT2D eigenvalue weighted by atomic mass is 9.43. The van der Waals surface area contributed by atoms with Crippen LogP contribution in [0.2, 0.25) is 0 Å². The van der Waals surface area contributed by atoms with Gasteiger partial charge in [0, 0.05) is 11.8 Å². The highest BCUT2D eigenvalue weighted by atomic mass is 16.5. The Morgan fingerprint density at radius 2 is 1.83 bits per heavy atom. The number of ketones is 1. The van der Waals surface area contributed by atoms with Crippen LogP contribution in [0, 0.1) is 22.2 Å². The lowest BCUT2D eigenvalue weighted by Gasteiger charge is -2.62. The van der Waals surface area contributed by atoms with E-state index in [2.05, 4.69) is 32.9 Å². The number of rotatable bonds is 3. The predicted molar refractivity (Wildman–Crippen MR) is 117 cm³/mol. The molecule has 0 radical (unpaired) electrons. The molecule has 29 heavy (non-hydrogen) atoms. The number of aliphatic hydroxyl groups is 1. The molecule has 0 aromatic heterocycles. The third-order valence-corrected chi connectivity index (χ3v) is 8.18. The van der Waals surface area contributed by atoms with Crippen LogP contribution in [0.15, 0.2) is 42.0 Å². The Bertz CT molecular complexity index is 847. The number of carbonyl (C=O) groups excluding carboxylic acids is 1. The van der Waals surface area contributed by atoms with E-state index in [9.17, 15) is 9.90 Å². The first-order valence-electron chi connectivity index (χ1n) is 11.0. The van der Waals surface area contributed by atoms with Gasteiger partial charge < -0.3 is 9.84 Å². The normalized spacial score (nSPS) is 36.3. The molecule has 0 saturated heterocycles. The summed E-state index contributed by atoms with van der Waals surface area (Å²) in [5.74, 6) is 1.45. The van der Waals surface area contributed by atoms with Gasteiger partial charge in [-0.1, -0.05) is 51.5 Å². The average Bonchev–Trinajstić information content (AvgIpc) is 2.69. The first-order valence-corrected chi connectivity index (χ1v) is 11.0. The lowest BCUT2D eigenvalue weighted by Crippen LogP contribution is -2.57. The van der Waals surface area contributed by atoms with Crippen molar-refractivity contribution in [2.45, 2.75) is 65.4 Å². The molecular weight excluding hydrogens is 360 g/mol. The minimum absolute atomic E-state index is 0.0265. The molecule has 3 nitrogen and oxygen atoms in total. The number of methoxy groups -OCH3 is 1. The Balaban J connectivity index is 1.77. The van der Waals surface area contributed by atoms with Gasteiger partial charge in [0.1, 0.15) is 5.75 Å². The van der Waals surface area contributed by atoms with Crippen molar-refractivity contribution >= 4 is 11.9 Å². The number of allylic oxidation sites excluding steroid dienone is 1. The molecule has 2 fully saturated rings. The van der Waals surface area contributed by atoms with Crippen LogP contribution >= 0.6 is 0 Å². The molecule has 0 bridgehead atoms. The van der Waals surface area contributed by atoms with Crippen molar-refractivity contribution in [3.63, 3.8) is 0 Å². The number of aliphatic hydroxyl groups excluding tert-OH is 1. The van der Waals surface area contributed by atoms with Crippen LogP contribution in [-0.2, 0) is 4.79 Å². The summed E-state index contributed by atoms with van der Waals surface area (Å²) in [4.78, 5) is 12.5. The van der Waals surface area contributed by atoms with E-state index in [1.54, 1.807) is 7.11 Å². The summed E-state index contributed by atoms with van der Waals surface area (Å²) in [5.41, 5.74) is 1.98. The highest BCUT2D eigenvalue weighted by molar-refractivity contribution is 5.92. The number of benzene rings is 1. The second-order valence-corrected chi connectivity index (χ2v) is 10.2. The third-order valence-electron chi connectivity index (χ3n) is 8.18. The third kappa shape index (κ3) is 3.28. The second-order valence-electron chi connectivity index (χ2n) is 10.2. The van der Waals surface area contributed by atoms with Gasteiger partial charge in [-0.15, -0.1) is 0 Å². The molecule has 3 aliphatic rings. The Hall–Kier alpha value is -1.87. The van der Waals surface area contributed by atoms with Crippen LogP contribution in [0.1, 0.15) is 64.9 Å². The van der Waals surface area contributed by atoms with Gasteiger partial charge in [-0.3, -0.25) is 4.79 Å². The maximum absolute atomic E-state index is 12.5. The van der Waals surface area contributed by atoms with E-state index >= 15 is 0 Å². The molecule has 2 saturated carbocycles. The van der Waals surface area contributed by atoms with Crippen molar-refractivity contribution in [3.05, 3.63) is 47.6 Å². The van der Waals surface area contributed by atoms with E-state index in [4.69, 9.17) is 4.74 Å². The predicted octanol–water partition coefficient (Wildman–Crippen LogP) is 5.58. The second kappa shape index (κ2) is 7.12. The minimum atomic E-state index is -0.452. The maximum Gasteiger partial charge on any atom is 0.155 e. The number of ether oxygens (including phenoxy) is 1. The minimum Gasteiger partial charge on any atom is -0.497 e. The first kappa shape index (κ1) is 20.4. The van der Waals surface area contributed by atoms with Gasteiger partial charge >= 0.3 is 0 Å². The SMILES string of the molecule is COc1ccc(/C=C/[C@]23CCC(=O)C=C2[C@]2(C)CCCC(C)(C)[C@H]2C[C@H]3O)cc1. The molecule has 0 unspecified atom stereocenters. The smallest absolute Gasteiger partial charge is 0.155 e. The highest BCUT2D eigenvalue weighted by Gasteiger charge is 2.60. The van der Waals surface area contributed by atoms with Crippen molar-refractivity contribution < 1.29 is 14.6 Å². The number of fused-ring (bicyclic) bond motifs is 3. The molecule has 1 N–H and O–H groups in total. The molecule has 1 aromatic carbocycles. The van der Waals surface area contributed by atoms with E-state index in [0.717, 1.165) is 24.2 Å². The summed E-state index contributed by atoms with van der Waals surface area (Å²) in [7, 11) is 1.67. The average molecular weight is 395 g/mol. The zero-order valence-corrected chi connectivity index (χ0v) is 18.2. The molecule has 0 aliphatic heterocycles. The summed E-state index contributed by atoms with van der Waals surface area (Å²) in [6.45, 7) is 7.03. The van der Waals surface area contributed by atoms with Gasteiger partial charge in [0.15, 0.2) is 5.78 Å². The number of hydrogen-bond acceptors (Lipinski definition) is 3. The molecule has 4 atom stereocenters. The Morgan fingerprint density at radius 3 is 2.52 bits per heavy atom. The van der Waals surface area contributed by atoms with Crippen molar-refractivity contribution in [2.75, 3.05) is 7.11 Å². The van der Waals surface area contributed by atoms with Crippen molar-refractivity contribution in [1.29, 1.82) is 0 Å². The first-order chi connectivity index (χ1) is 13.7. The summed E-state index contributed by atoms with van der Waals surface area (Å²) < 4.78 is 5.26. The van der Waals surface area contributed by atoms with E-state index < -0.39 is 11.5 Å². The van der Waals surface area contributed by atoms with Gasteiger partial charge in [0.05, 0.1) is 13.2 Å². The fourth-order valence-electron chi connectivity index (χ4n) is 6.58. The molecule has 0 spiro atoms. The zero-order chi connectivity index (χ0) is 20.9. The fraction of sp³-hybridized carbons (Fsp3) is 0.577. The molecule has 3 heteroatoms. The van der Waals surface area contributed by atoms with Gasteiger partial charge in [-0.25, -0.2) is 0 Å². The van der Waals surface area contributed by atoms with Crippen LogP contribution < -0.4 is 4.74 Å². The lowest BCUT2D eigenvalue weighted by molar-refractivity contribution is -0.120. The van der Waals surface area contributed by atoms with Crippen LogP contribution in [0.4, 0.5) is 0 Å². The maximum atomic E-state index is 12.5. The Morgan fingerprint density at radius 1 is 1.10 bits per heavy atom. The topological polar surface area (TPSA) is 46.5 Å². The van der Waals surface area contributed by atoms with Crippen LogP contribution in [-0.4, -0.2) is 24.1 Å². The molecule has 3 aliphatic carbocycles. The molecule has 4 rings (SSSR count). The van der Waals surface area contributed by atoms with Crippen molar-refractivity contribution in [1.82, 2.24) is 0 Å². The van der Waals surface area contributed by atoms with Crippen LogP contribution in [0.5, 0.6) is 5.75 Å². The fourth-order valence-corrected chi connectivity index (χ4v) is 6.58.